The van der Waals surface area contributed by atoms with Crippen molar-refractivity contribution in [1.82, 2.24) is 4.98 Å². The van der Waals surface area contributed by atoms with E-state index in [9.17, 15) is 13.6 Å². The summed E-state index contributed by atoms with van der Waals surface area (Å²) >= 11 is 0. The molecule has 1 aromatic heterocycles. The molecule has 19 heavy (non-hydrogen) atoms. The quantitative estimate of drug-likeness (QED) is 0.843. The third-order valence-electron chi connectivity index (χ3n) is 3.52. The number of nitrogens with zero attached hydrogens (tertiary/aromatic N) is 2. The van der Waals surface area contributed by atoms with E-state index in [1.165, 1.54) is 6.20 Å². The second-order valence-electron chi connectivity index (χ2n) is 4.85. The molecule has 0 bridgehead atoms. The maximum absolute atomic E-state index is 13.1. The molecule has 1 fully saturated rings. The summed E-state index contributed by atoms with van der Waals surface area (Å²) < 4.78 is 26.1. The van der Waals surface area contributed by atoms with E-state index in [1.807, 2.05) is 6.07 Å². The topological polar surface area (TPSA) is 53.8 Å². The number of ketones is 1. The number of hydrogen-bond donors (Lipinski definition) is 0. The number of aromatic nitrogens is 1. The van der Waals surface area contributed by atoms with E-state index in [-0.39, 0.29) is 31.5 Å². The van der Waals surface area contributed by atoms with Gasteiger partial charge in [-0.2, -0.15) is 5.26 Å². The zero-order valence-electron chi connectivity index (χ0n) is 10.4. The van der Waals surface area contributed by atoms with Gasteiger partial charge in [0, 0.05) is 25.0 Å². The number of halogens is 2. The highest BCUT2D eigenvalue weighted by Gasteiger charge is 2.39. The maximum Gasteiger partial charge on any atom is 0.248 e. The lowest BCUT2D eigenvalue weighted by Gasteiger charge is -2.28. The highest BCUT2D eigenvalue weighted by atomic mass is 19.3. The predicted molar refractivity (Wildman–Crippen MR) is 64.5 cm³/mol. The van der Waals surface area contributed by atoms with Gasteiger partial charge in [0.25, 0.3) is 0 Å². The molecule has 100 valence electrons. The van der Waals surface area contributed by atoms with Crippen LogP contribution in [0.1, 0.15) is 37.3 Å². The minimum absolute atomic E-state index is 0.150. The number of hydrogen-bond acceptors (Lipinski definition) is 3. The van der Waals surface area contributed by atoms with Gasteiger partial charge in [-0.15, -0.1) is 0 Å². The van der Waals surface area contributed by atoms with Gasteiger partial charge in [0.15, 0.2) is 5.78 Å². The number of rotatable bonds is 3. The van der Waals surface area contributed by atoms with Crippen LogP contribution in [-0.2, 0) is 4.79 Å². The van der Waals surface area contributed by atoms with Gasteiger partial charge < -0.3 is 0 Å². The SMILES string of the molecule is N#CC(C(=O)C1CCC(F)(F)CC1)c1ccccn1. The van der Waals surface area contributed by atoms with Crippen molar-refractivity contribution in [3.8, 4) is 6.07 Å². The molecular formula is C14H14F2N2O. The first-order valence-corrected chi connectivity index (χ1v) is 6.25. The Labute approximate surface area is 110 Å². The van der Waals surface area contributed by atoms with Crippen molar-refractivity contribution in [3.05, 3.63) is 30.1 Å². The smallest absolute Gasteiger partial charge is 0.248 e. The summed E-state index contributed by atoms with van der Waals surface area (Å²) in [6.45, 7) is 0. The van der Waals surface area contributed by atoms with Crippen LogP contribution in [0.15, 0.2) is 24.4 Å². The average molecular weight is 264 g/mol. The van der Waals surface area contributed by atoms with Gasteiger partial charge in [-0.25, -0.2) is 8.78 Å². The van der Waals surface area contributed by atoms with Crippen LogP contribution in [0, 0.1) is 17.2 Å². The van der Waals surface area contributed by atoms with Crippen molar-refractivity contribution in [2.45, 2.75) is 37.5 Å². The second-order valence-corrected chi connectivity index (χ2v) is 4.85. The lowest BCUT2D eigenvalue weighted by Crippen LogP contribution is -2.31. The van der Waals surface area contributed by atoms with Crippen LogP contribution < -0.4 is 0 Å². The lowest BCUT2D eigenvalue weighted by molar-refractivity contribution is -0.127. The number of nitriles is 1. The predicted octanol–water partition coefficient (Wildman–Crippen LogP) is 3.08. The van der Waals surface area contributed by atoms with E-state index >= 15 is 0 Å². The van der Waals surface area contributed by atoms with E-state index in [0.717, 1.165) is 0 Å². The van der Waals surface area contributed by atoms with E-state index in [2.05, 4.69) is 4.98 Å². The highest BCUT2D eigenvalue weighted by molar-refractivity contribution is 5.90. The van der Waals surface area contributed by atoms with Gasteiger partial charge in [0.05, 0.1) is 11.8 Å². The lowest BCUT2D eigenvalue weighted by atomic mass is 9.79. The van der Waals surface area contributed by atoms with Crippen molar-refractivity contribution in [3.63, 3.8) is 0 Å². The molecule has 1 heterocycles. The first-order chi connectivity index (χ1) is 9.03. The van der Waals surface area contributed by atoms with Crippen LogP contribution in [0.5, 0.6) is 0 Å². The van der Waals surface area contributed by atoms with Crippen LogP contribution >= 0.6 is 0 Å². The van der Waals surface area contributed by atoms with E-state index < -0.39 is 17.8 Å². The molecule has 0 spiro atoms. The Bertz CT molecular complexity index is 486. The van der Waals surface area contributed by atoms with Gasteiger partial charge in [-0.05, 0) is 25.0 Å². The second kappa shape index (κ2) is 5.43. The molecule has 0 aromatic carbocycles. The minimum Gasteiger partial charge on any atom is -0.297 e. The Kier molecular flexibility index (Phi) is 3.89. The Hall–Kier alpha value is -1.83. The molecule has 0 amide bonds. The third-order valence-corrected chi connectivity index (χ3v) is 3.52. The van der Waals surface area contributed by atoms with E-state index in [4.69, 9.17) is 5.26 Å². The molecule has 0 saturated heterocycles. The van der Waals surface area contributed by atoms with Gasteiger partial charge >= 0.3 is 0 Å². The summed E-state index contributed by atoms with van der Waals surface area (Å²) in [5, 5.41) is 9.12. The molecule has 1 unspecified atom stereocenters. The van der Waals surface area contributed by atoms with Gasteiger partial charge in [-0.1, -0.05) is 6.07 Å². The normalized spacial score (nSPS) is 20.5. The summed E-state index contributed by atoms with van der Waals surface area (Å²) in [4.78, 5) is 16.2. The summed E-state index contributed by atoms with van der Waals surface area (Å²) in [5.41, 5.74) is 0.396. The third kappa shape index (κ3) is 3.14. The van der Waals surface area contributed by atoms with Crippen molar-refractivity contribution in [1.29, 1.82) is 5.26 Å². The number of pyridine rings is 1. The molecule has 1 saturated carbocycles. The minimum atomic E-state index is -2.66. The van der Waals surface area contributed by atoms with Crippen molar-refractivity contribution in [2.24, 2.45) is 5.92 Å². The molecule has 3 nitrogen and oxygen atoms in total. The molecule has 2 rings (SSSR count). The molecule has 0 N–H and O–H groups in total. The van der Waals surface area contributed by atoms with Crippen LogP contribution in [0.3, 0.4) is 0 Å². The van der Waals surface area contributed by atoms with Crippen LogP contribution in [0.25, 0.3) is 0 Å². The fourth-order valence-electron chi connectivity index (χ4n) is 2.38. The zero-order valence-corrected chi connectivity index (χ0v) is 10.4. The summed E-state index contributed by atoms with van der Waals surface area (Å²) in [6.07, 6.45) is 1.27. The largest absolute Gasteiger partial charge is 0.297 e. The molecule has 0 aliphatic heterocycles. The molecule has 5 heteroatoms. The maximum atomic E-state index is 13.1. The van der Waals surface area contributed by atoms with Gasteiger partial charge in [0.2, 0.25) is 5.92 Å². The first kappa shape index (κ1) is 13.6. The van der Waals surface area contributed by atoms with Gasteiger partial charge in [0.1, 0.15) is 5.92 Å². The van der Waals surface area contributed by atoms with E-state index in [0.29, 0.717) is 5.69 Å². The average Bonchev–Trinajstić information content (AvgIpc) is 2.40. The Balaban J connectivity index is 2.09. The molecule has 1 atom stereocenters. The van der Waals surface area contributed by atoms with E-state index in [1.54, 1.807) is 18.2 Å². The van der Waals surface area contributed by atoms with Crippen molar-refractivity contribution >= 4 is 5.78 Å². The van der Waals surface area contributed by atoms with Crippen LogP contribution in [0.4, 0.5) is 8.78 Å². The Morgan fingerprint density at radius 1 is 1.42 bits per heavy atom. The molecule has 0 radical (unpaired) electrons. The monoisotopic (exact) mass is 264 g/mol. The highest BCUT2D eigenvalue weighted by Crippen LogP contribution is 2.38. The molecular weight excluding hydrogens is 250 g/mol. The van der Waals surface area contributed by atoms with Crippen LogP contribution in [-0.4, -0.2) is 16.7 Å². The Morgan fingerprint density at radius 2 is 2.11 bits per heavy atom. The number of Topliss-reactive ketones (excluding diaryl/α,β-unsaturated/α-hetero) is 1. The number of carbonyl (C=O) groups excluding carboxylic acids is 1. The van der Waals surface area contributed by atoms with Crippen LogP contribution in [0.2, 0.25) is 0 Å². The molecule has 1 aliphatic carbocycles. The first-order valence-electron chi connectivity index (χ1n) is 6.25. The van der Waals surface area contributed by atoms with Crippen molar-refractivity contribution in [2.75, 3.05) is 0 Å². The standard InChI is InChI=1S/C14H14F2N2O/c15-14(16)6-4-10(5-7-14)13(19)11(9-17)12-3-1-2-8-18-12/h1-3,8,10-11H,4-7H2. The summed E-state index contributed by atoms with van der Waals surface area (Å²) in [7, 11) is 0. The summed E-state index contributed by atoms with van der Waals surface area (Å²) in [5.74, 6) is -4.34. The molecule has 1 aliphatic rings. The number of alkyl halides is 2. The zero-order chi connectivity index (χ0) is 13.9. The van der Waals surface area contributed by atoms with Crippen molar-refractivity contribution < 1.29 is 13.6 Å². The van der Waals surface area contributed by atoms with Gasteiger partial charge in [-0.3, -0.25) is 9.78 Å². The fourth-order valence-corrected chi connectivity index (χ4v) is 2.38. The molecule has 1 aromatic rings. The summed E-state index contributed by atoms with van der Waals surface area (Å²) in [6, 6.07) is 6.95. The Morgan fingerprint density at radius 3 is 2.63 bits per heavy atom. The fraction of sp³-hybridized carbons (Fsp3) is 0.500. The number of carbonyl (C=O) groups is 1.